The van der Waals surface area contributed by atoms with Crippen LogP contribution < -0.4 is 11.0 Å². The fraction of sp³-hybridized carbons (Fsp3) is 0.0400. The van der Waals surface area contributed by atoms with Gasteiger partial charge in [0.1, 0.15) is 11.6 Å². The minimum atomic E-state index is -4.45. The van der Waals surface area contributed by atoms with Crippen LogP contribution in [0.15, 0.2) is 88.8 Å². The van der Waals surface area contributed by atoms with E-state index in [1.165, 1.54) is 18.3 Å². The first-order chi connectivity index (χ1) is 16.4. The molecule has 168 valence electrons. The number of hydrogen-bond donors (Lipinski definition) is 2. The molecule has 0 unspecified atom stereocenters. The summed E-state index contributed by atoms with van der Waals surface area (Å²) in [4.78, 5) is 19.0. The van der Waals surface area contributed by atoms with Crippen LogP contribution in [0.3, 0.4) is 0 Å². The second-order valence-corrected chi connectivity index (χ2v) is 7.15. The van der Waals surface area contributed by atoms with Crippen LogP contribution in [0.5, 0.6) is 0 Å². The molecule has 0 fully saturated rings. The van der Waals surface area contributed by atoms with Gasteiger partial charge in [-0.2, -0.15) is 23.5 Å². The van der Waals surface area contributed by atoms with E-state index >= 15 is 0 Å². The van der Waals surface area contributed by atoms with Crippen molar-refractivity contribution in [2.24, 2.45) is 5.10 Å². The lowest BCUT2D eigenvalue weighted by atomic mass is 9.98. The van der Waals surface area contributed by atoms with E-state index in [1.807, 2.05) is 6.07 Å². The summed E-state index contributed by atoms with van der Waals surface area (Å²) < 4.78 is 39.8. The molecule has 9 heteroatoms. The molecule has 6 nitrogen and oxygen atoms in total. The van der Waals surface area contributed by atoms with Gasteiger partial charge in [-0.3, -0.25) is 9.78 Å². The molecular formula is C25H16F3N5O. The standard InChI is InChI=1S/C25H16F3N5O/c26-25(27,28)21-9-5-4-8-19(21)17-12-10-16(11-13-17)15-30-33-24-31-22(18-6-2-1-3-7-18)20(14-29)23(34)32-24/h1-13,15H,(H2,31,32,33,34). The van der Waals surface area contributed by atoms with E-state index in [2.05, 4.69) is 20.5 Å². The van der Waals surface area contributed by atoms with E-state index < -0.39 is 17.3 Å². The molecule has 0 aliphatic rings. The van der Waals surface area contributed by atoms with E-state index in [9.17, 15) is 23.2 Å². The highest BCUT2D eigenvalue weighted by Crippen LogP contribution is 2.36. The number of hydrazone groups is 1. The average molecular weight is 459 g/mol. The van der Waals surface area contributed by atoms with E-state index in [-0.39, 0.29) is 22.8 Å². The Morgan fingerprint density at radius 3 is 2.29 bits per heavy atom. The molecular weight excluding hydrogens is 443 g/mol. The lowest BCUT2D eigenvalue weighted by Gasteiger charge is -2.12. The van der Waals surface area contributed by atoms with E-state index in [0.717, 1.165) is 6.07 Å². The Bertz CT molecular complexity index is 1440. The first-order valence-corrected chi connectivity index (χ1v) is 10.0. The van der Waals surface area contributed by atoms with Gasteiger partial charge in [0.05, 0.1) is 17.5 Å². The topological polar surface area (TPSA) is 93.9 Å². The van der Waals surface area contributed by atoms with Crippen LogP contribution in [0, 0.1) is 11.3 Å². The normalized spacial score (nSPS) is 11.4. The van der Waals surface area contributed by atoms with Crippen LogP contribution in [-0.2, 0) is 6.18 Å². The Kier molecular flexibility index (Phi) is 6.23. The van der Waals surface area contributed by atoms with E-state index in [4.69, 9.17) is 0 Å². The maximum absolute atomic E-state index is 13.3. The number of hydrogen-bond acceptors (Lipinski definition) is 5. The van der Waals surface area contributed by atoms with Gasteiger partial charge in [-0.25, -0.2) is 10.4 Å². The molecule has 1 heterocycles. The van der Waals surface area contributed by atoms with Crippen LogP contribution in [0.25, 0.3) is 22.4 Å². The van der Waals surface area contributed by atoms with Crippen molar-refractivity contribution >= 4 is 12.2 Å². The predicted molar refractivity (Wildman–Crippen MR) is 123 cm³/mol. The van der Waals surface area contributed by atoms with Gasteiger partial charge in [-0.05, 0) is 22.8 Å². The van der Waals surface area contributed by atoms with Crippen molar-refractivity contribution in [2.75, 3.05) is 5.43 Å². The van der Waals surface area contributed by atoms with Gasteiger partial charge in [0, 0.05) is 5.56 Å². The molecule has 2 N–H and O–H groups in total. The summed E-state index contributed by atoms with van der Waals surface area (Å²) in [6, 6.07) is 22.4. The lowest BCUT2D eigenvalue weighted by molar-refractivity contribution is -0.137. The summed E-state index contributed by atoms with van der Waals surface area (Å²) in [7, 11) is 0. The monoisotopic (exact) mass is 459 g/mol. The van der Waals surface area contributed by atoms with Crippen molar-refractivity contribution < 1.29 is 13.2 Å². The number of nitrogens with one attached hydrogen (secondary N) is 2. The summed E-state index contributed by atoms with van der Waals surface area (Å²) in [6.45, 7) is 0. The largest absolute Gasteiger partial charge is 0.417 e. The maximum atomic E-state index is 13.3. The zero-order valence-electron chi connectivity index (χ0n) is 17.5. The molecule has 3 aromatic carbocycles. The van der Waals surface area contributed by atoms with Crippen molar-refractivity contribution in [2.45, 2.75) is 6.18 Å². The first kappa shape index (κ1) is 22.5. The number of aromatic amines is 1. The van der Waals surface area contributed by atoms with Crippen LogP contribution in [0.4, 0.5) is 19.1 Å². The van der Waals surface area contributed by atoms with Crippen molar-refractivity contribution in [3.63, 3.8) is 0 Å². The molecule has 0 aliphatic heterocycles. The summed E-state index contributed by atoms with van der Waals surface area (Å²) in [5.41, 5.74) is 3.13. The zero-order valence-corrected chi connectivity index (χ0v) is 17.5. The quantitative estimate of drug-likeness (QED) is 0.307. The Morgan fingerprint density at radius 1 is 0.941 bits per heavy atom. The molecule has 0 bridgehead atoms. The highest BCUT2D eigenvalue weighted by molar-refractivity contribution is 5.82. The molecule has 0 radical (unpaired) electrons. The lowest BCUT2D eigenvalue weighted by Crippen LogP contribution is -2.16. The highest BCUT2D eigenvalue weighted by Gasteiger charge is 2.33. The minimum absolute atomic E-state index is 0.0369. The van der Waals surface area contributed by atoms with Gasteiger partial charge in [0.25, 0.3) is 5.56 Å². The van der Waals surface area contributed by atoms with E-state index in [1.54, 1.807) is 60.7 Å². The molecule has 0 atom stereocenters. The number of nitrogens with zero attached hydrogens (tertiary/aromatic N) is 3. The molecule has 0 spiro atoms. The number of anilines is 1. The minimum Gasteiger partial charge on any atom is -0.290 e. The fourth-order valence-corrected chi connectivity index (χ4v) is 3.33. The molecule has 0 aliphatic carbocycles. The molecule has 1 aromatic heterocycles. The number of halogens is 3. The van der Waals surface area contributed by atoms with Crippen LogP contribution in [-0.4, -0.2) is 16.2 Å². The number of nitriles is 1. The zero-order chi connectivity index (χ0) is 24.1. The first-order valence-electron chi connectivity index (χ1n) is 10.0. The summed E-state index contributed by atoms with van der Waals surface area (Å²) in [5, 5.41) is 13.4. The SMILES string of the molecule is N#Cc1c(-c2ccccc2)nc(NN=Cc2ccc(-c3ccccc3C(F)(F)F)cc2)[nH]c1=O. The molecule has 0 saturated carbocycles. The second-order valence-electron chi connectivity index (χ2n) is 7.15. The second kappa shape index (κ2) is 9.42. The molecule has 4 aromatic rings. The van der Waals surface area contributed by atoms with Crippen LogP contribution in [0.1, 0.15) is 16.7 Å². The Balaban J connectivity index is 1.55. The molecule has 0 amide bonds. The molecule has 34 heavy (non-hydrogen) atoms. The third-order valence-corrected chi connectivity index (χ3v) is 4.92. The highest BCUT2D eigenvalue weighted by atomic mass is 19.4. The number of H-pyrrole nitrogens is 1. The molecule has 0 saturated heterocycles. The third-order valence-electron chi connectivity index (χ3n) is 4.92. The Hall–Kier alpha value is -4.71. The van der Waals surface area contributed by atoms with Crippen molar-refractivity contribution in [3.05, 3.63) is 106 Å². The van der Waals surface area contributed by atoms with Crippen LogP contribution in [0.2, 0.25) is 0 Å². The third kappa shape index (κ3) is 4.86. The predicted octanol–water partition coefficient (Wildman–Crippen LogP) is 5.44. The van der Waals surface area contributed by atoms with Gasteiger partial charge in [-0.1, -0.05) is 72.8 Å². The number of rotatable bonds is 5. The van der Waals surface area contributed by atoms with Gasteiger partial charge in [0.2, 0.25) is 5.95 Å². The Morgan fingerprint density at radius 2 is 1.62 bits per heavy atom. The fourth-order valence-electron chi connectivity index (χ4n) is 3.33. The van der Waals surface area contributed by atoms with Crippen molar-refractivity contribution in [3.8, 4) is 28.5 Å². The average Bonchev–Trinajstić information content (AvgIpc) is 2.84. The van der Waals surface area contributed by atoms with E-state index in [0.29, 0.717) is 16.7 Å². The van der Waals surface area contributed by atoms with Crippen LogP contribution >= 0.6 is 0 Å². The molecule has 4 rings (SSSR count). The summed E-state index contributed by atoms with van der Waals surface area (Å²) in [6.07, 6.45) is -3.02. The smallest absolute Gasteiger partial charge is 0.290 e. The van der Waals surface area contributed by atoms with Gasteiger partial charge >= 0.3 is 6.18 Å². The van der Waals surface area contributed by atoms with Gasteiger partial charge in [0.15, 0.2) is 0 Å². The van der Waals surface area contributed by atoms with Gasteiger partial charge in [-0.15, -0.1) is 0 Å². The number of aromatic nitrogens is 2. The maximum Gasteiger partial charge on any atom is 0.417 e. The number of benzene rings is 3. The Labute approximate surface area is 192 Å². The van der Waals surface area contributed by atoms with Crippen molar-refractivity contribution in [1.82, 2.24) is 9.97 Å². The number of alkyl halides is 3. The van der Waals surface area contributed by atoms with Crippen molar-refractivity contribution in [1.29, 1.82) is 5.26 Å². The summed E-state index contributed by atoms with van der Waals surface area (Å²) >= 11 is 0. The summed E-state index contributed by atoms with van der Waals surface area (Å²) in [5.74, 6) is 0.0369. The van der Waals surface area contributed by atoms with Gasteiger partial charge < -0.3 is 0 Å².